The van der Waals surface area contributed by atoms with Gasteiger partial charge in [0.2, 0.25) is 15.9 Å². The Hall–Kier alpha value is -2.33. The zero-order valence-electron chi connectivity index (χ0n) is 20.4. The van der Waals surface area contributed by atoms with E-state index >= 15 is 0 Å². The second kappa shape index (κ2) is 9.37. The molecule has 188 valence electrons. The average molecular weight is 493 g/mol. The van der Waals surface area contributed by atoms with Crippen LogP contribution in [0.2, 0.25) is 0 Å². The molecule has 3 amide bonds. The van der Waals surface area contributed by atoms with Crippen LogP contribution in [0.4, 0.5) is 10.5 Å². The van der Waals surface area contributed by atoms with Crippen LogP contribution in [-0.2, 0) is 14.8 Å². The van der Waals surface area contributed by atoms with E-state index in [-0.39, 0.29) is 16.2 Å². The largest absolute Gasteiger partial charge is 0.492 e. The van der Waals surface area contributed by atoms with Gasteiger partial charge < -0.3 is 15.4 Å². The van der Waals surface area contributed by atoms with Gasteiger partial charge >= 0.3 is 6.03 Å². The quantitative estimate of drug-likeness (QED) is 0.514. The molecule has 4 aliphatic rings. The number of imide groups is 1. The third-order valence-electron chi connectivity index (χ3n) is 7.43. The topological polar surface area (TPSA) is 117 Å². The molecule has 4 bridgehead atoms. The number of rotatable bonds is 8. The number of amides is 3. The van der Waals surface area contributed by atoms with Gasteiger partial charge in [-0.05, 0) is 88.3 Å². The van der Waals surface area contributed by atoms with Gasteiger partial charge in [-0.3, -0.25) is 10.1 Å². The van der Waals surface area contributed by atoms with Gasteiger partial charge in [0, 0.05) is 25.3 Å². The fraction of sp³-hybridized carbons (Fsp3) is 0.667. The molecule has 3 N–H and O–H groups in total. The smallest absolute Gasteiger partial charge is 0.321 e. The Labute approximate surface area is 202 Å². The summed E-state index contributed by atoms with van der Waals surface area (Å²) in [6.45, 7) is 3.73. The summed E-state index contributed by atoms with van der Waals surface area (Å²) in [5.74, 6) is 1.84. The number of benzene rings is 1. The first-order valence-electron chi connectivity index (χ1n) is 12.1. The highest BCUT2D eigenvalue weighted by Crippen LogP contribution is 2.55. The van der Waals surface area contributed by atoms with E-state index in [1.807, 2.05) is 0 Å². The monoisotopic (exact) mass is 492 g/mol. The van der Waals surface area contributed by atoms with Crippen molar-refractivity contribution in [2.75, 3.05) is 26.0 Å². The molecule has 1 atom stereocenters. The third-order valence-corrected chi connectivity index (χ3v) is 9.27. The molecule has 1 aromatic rings. The molecular formula is C24H36N4O5S. The van der Waals surface area contributed by atoms with Gasteiger partial charge in [-0.2, -0.15) is 0 Å². The van der Waals surface area contributed by atoms with Crippen LogP contribution in [0.5, 0.6) is 5.75 Å². The molecular weight excluding hydrogens is 456 g/mol. The predicted octanol–water partition coefficient (Wildman–Crippen LogP) is 2.93. The van der Waals surface area contributed by atoms with Crippen molar-refractivity contribution >= 4 is 27.6 Å². The van der Waals surface area contributed by atoms with Gasteiger partial charge in [-0.25, -0.2) is 17.5 Å². The molecule has 0 spiro atoms. The summed E-state index contributed by atoms with van der Waals surface area (Å²) < 4.78 is 32.1. The number of sulfonamides is 1. The normalized spacial score (nSPS) is 28.4. The summed E-state index contributed by atoms with van der Waals surface area (Å²) >= 11 is 0. The van der Waals surface area contributed by atoms with Crippen LogP contribution in [0, 0.1) is 17.8 Å². The highest BCUT2D eigenvalue weighted by molar-refractivity contribution is 7.89. The van der Waals surface area contributed by atoms with Crippen LogP contribution in [0.1, 0.15) is 52.4 Å². The number of hydrogen-bond acceptors (Lipinski definition) is 6. The first kappa shape index (κ1) is 24.8. The van der Waals surface area contributed by atoms with E-state index in [0.29, 0.717) is 30.0 Å². The number of hydrogen-bond donors (Lipinski definition) is 3. The summed E-state index contributed by atoms with van der Waals surface area (Å²) in [7, 11) is -0.854. The van der Waals surface area contributed by atoms with Gasteiger partial charge in [-0.1, -0.05) is 0 Å². The van der Waals surface area contributed by atoms with Crippen molar-refractivity contribution in [2.24, 2.45) is 17.8 Å². The van der Waals surface area contributed by atoms with E-state index in [0.717, 1.165) is 23.6 Å². The van der Waals surface area contributed by atoms with Crippen molar-refractivity contribution in [1.82, 2.24) is 14.9 Å². The third kappa shape index (κ3) is 5.02. The highest BCUT2D eigenvalue weighted by atomic mass is 32.2. The molecule has 34 heavy (non-hydrogen) atoms. The zero-order chi connectivity index (χ0) is 24.7. The number of carbonyl (C=O) groups is 2. The van der Waals surface area contributed by atoms with Crippen molar-refractivity contribution in [2.45, 2.75) is 68.8 Å². The second-order valence-electron chi connectivity index (χ2n) is 10.4. The molecule has 5 rings (SSSR count). The Morgan fingerprint density at radius 2 is 1.71 bits per heavy atom. The molecule has 4 saturated carbocycles. The van der Waals surface area contributed by atoms with E-state index < -0.39 is 28.0 Å². The lowest BCUT2D eigenvalue weighted by molar-refractivity contribution is -0.120. The average Bonchev–Trinajstić information content (AvgIpc) is 2.73. The number of ether oxygens (including phenoxy) is 1. The first-order valence-corrected chi connectivity index (χ1v) is 13.5. The molecule has 10 heteroatoms. The number of carbonyl (C=O) groups excluding carboxylic acids is 2. The predicted molar refractivity (Wildman–Crippen MR) is 129 cm³/mol. The maximum absolute atomic E-state index is 12.7. The second-order valence-corrected chi connectivity index (χ2v) is 12.5. The summed E-state index contributed by atoms with van der Waals surface area (Å²) in [6.07, 6.45) is 6.83. The van der Waals surface area contributed by atoms with E-state index in [4.69, 9.17) is 4.74 Å². The maximum atomic E-state index is 12.7. The van der Waals surface area contributed by atoms with Gasteiger partial charge in [0.25, 0.3) is 0 Å². The SMILES string of the molecule is CCOc1ccc(NC(C)C(=O)NC(=O)NC23CC4CC(CC(C4)C2)C3)cc1S(=O)(=O)N(C)C. The van der Waals surface area contributed by atoms with E-state index in [2.05, 4.69) is 16.0 Å². The highest BCUT2D eigenvalue weighted by Gasteiger charge is 2.51. The number of nitrogens with zero attached hydrogens (tertiary/aromatic N) is 1. The van der Waals surface area contributed by atoms with Crippen LogP contribution >= 0.6 is 0 Å². The lowest BCUT2D eigenvalue weighted by Crippen LogP contribution is -2.62. The Morgan fingerprint density at radius 3 is 2.24 bits per heavy atom. The molecule has 0 radical (unpaired) electrons. The first-order chi connectivity index (χ1) is 16.0. The number of urea groups is 1. The minimum atomic E-state index is -3.75. The molecule has 0 heterocycles. The zero-order valence-corrected chi connectivity index (χ0v) is 21.2. The molecule has 0 saturated heterocycles. The number of nitrogens with one attached hydrogen (secondary N) is 3. The Kier molecular flexibility index (Phi) is 6.83. The Balaban J connectivity index is 1.39. The Morgan fingerprint density at radius 1 is 1.12 bits per heavy atom. The van der Waals surface area contributed by atoms with Crippen molar-refractivity contribution < 1.29 is 22.7 Å². The summed E-state index contributed by atoms with van der Waals surface area (Å²) in [5.41, 5.74) is 0.258. The van der Waals surface area contributed by atoms with Crippen LogP contribution in [-0.4, -0.2) is 56.9 Å². The van der Waals surface area contributed by atoms with Crippen LogP contribution < -0.4 is 20.7 Å². The van der Waals surface area contributed by atoms with Gasteiger partial charge in [-0.15, -0.1) is 0 Å². The Bertz CT molecular complexity index is 1020. The van der Waals surface area contributed by atoms with Gasteiger partial charge in [0.1, 0.15) is 16.7 Å². The van der Waals surface area contributed by atoms with Gasteiger partial charge in [0.15, 0.2) is 0 Å². The molecule has 4 aliphatic carbocycles. The summed E-state index contributed by atoms with van der Waals surface area (Å²) in [4.78, 5) is 25.4. The molecule has 1 aromatic carbocycles. The van der Waals surface area contributed by atoms with Crippen LogP contribution in [0.3, 0.4) is 0 Å². The number of anilines is 1. The van der Waals surface area contributed by atoms with Crippen LogP contribution in [0.15, 0.2) is 23.1 Å². The molecule has 0 aromatic heterocycles. The lowest BCUT2D eigenvalue weighted by atomic mass is 9.53. The van der Waals surface area contributed by atoms with Crippen molar-refractivity contribution in [1.29, 1.82) is 0 Å². The van der Waals surface area contributed by atoms with E-state index in [9.17, 15) is 18.0 Å². The molecule has 9 nitrogen and oxygen atoms in total. The minimum Gasteiger partial charge on any atom is -0.492 e. The lowest BCUT2D eigenvalue weighted by Gasteiger charge is -2.56. The summed E-state index contributed by atoms with van der Waals surface area (Å²) in [5, 5.41) is 8.60. The van der Waals surface area contributed by atoms with Crippen molar-refractivity contribution in [3.63, 3.8) is 0 Å². The minimum absolute atomic E-state index is 0.0107. The molecule has 4 fully saturated rings. The van der Waals surface area contributed by atoms with Gasteiger partial charge in [0.05, 0.1) is 6.61 Å². The maximum Gasteiger partial charge on any atom is 0.321 e. The standard InChI is InChI=1S/C24H36N4O5S/c1-5-33-20-7-6-19(11-21(20)34(31,32)28(3)4)25-15(2)22(29)26-23(30)27-24-12-16-8-17(13-24)10-18(9-16)14-24/h6-7,11,15-18,25H,5,8-10,12-14H2,1-4H3,(H2,26,27,29,30). The molecule has 1 unspecified atom stereocenters. The van der Waals surface area contributed by atoms with Crippen molar-refractivity contribution in [3.05, 3.63) is 18.2 Å². The summed E-state index contributed by atoms with van der Waals surface area (Å²) in [6, 6.07) is 3.45. The van der Waals surface area contributed by atoms with E-state index in [1.165, 1.54) is 39.4 Å². The fourth-order valence-corrected chi connectivity index (χ4v) is 7.39. The van der Waals surface area contributed by atoms with Crippen LogP contribution in [0.25, 0.3) is 0 Å². The fourth-order valence-electron chi connectivity index (χ4n) is 6.34. The molecule has 0 aliphatic heterocycles. The van der Waals surface area contributed by atoms with Crippen molar-refractivity contribution in [3.8, 4) is 5.75 Å². The van der Waals surface area contributed by atoms with E-state index in [1.54, 1.807) is 26.0 Å².